The summed E-state index contributed by atoms with van der Waals surface area (Å²) in [5.41, 5.74) is 1.98. The normalized spacial score (nSPS) is 21.8. The maximum absolute atomic E-state index is 12.8. The van der Waals surface area contributed by atoms with E-state index in [9.17, 15) is 13.2 Å². The van der Waals surface area contributed by atoms with E-state index in [1.165, 1.54) is 24.2 Å². The molecule has 7 heteroatoms. The van der Waals surface area contributed by atoms with E-state index < -0.39 is 10.0 Å². The van der Waals surface area contributed by atoms with Crippen LogP contribution in [-0.2, 0) is 14.8 Å². The Hall–Kier alpha value is -1.44. The Morgan fingerprint density at radius 2 is 1.81 bits per heavy atom. The number of hydrogen-bond donors (Lipinski definition) is 0. The largest absolute Gasteiger partial charge is 0.340 e. The molecule has 1 amide bonds. The van der Waals surface area contributed by atoms with Gasteiger partial charge in [-0.05, 0) is 75.9 Å². The van der Waals surface area contributed by atoms with Gasteiger partial charge in [-0.15, -0.1) is 0 Å². The molecule has 2 heterocycles. The predicted octanol–water partition coefficient (Wildman–Crippen LogP) is 2.01. The summed E-state index contributed by atoms with van der Waals surface area (Å²) >= 11 is 0. The van der Waals surface area contributed by atoms with Gasteiger partial charge in [-0.1, -0.05) is 6.07 Å². The number of hydrogen-bond acceptors (Lipinski definition) is 4. The van der Waals surface area contributed by atoms with Crippen molar-refractivity contribution in [3.63, 3.8) is 0 Å². The van der Waals surface area contributed by atoms with Crippen LogP contribution < -0.4 is 0 Å². The molecule has 2 aliphatic heterocycles. The lowest BCUT2D eigenvalue weighted by molar-refractivity contribution is -0.133. The van der Waals surface area contributed by atoms with Gasteiger partial charge in [0.05, 0.1) is 11.4 Å². The lowest BCUT2D eigenvalue weighted by Gasteiger charge is -2.38. The van der Waals surface area contributed by atoms with Gasteiger partial charge < -0.3 is 4.90 Å². The van der Waals surface area contributed by atoms with Crippen molar-refractivity contribution in [1.82, 2.24) is 14.1 Å². The number of amides is 1. The maximum Gasteiger partial charge on any atom is 0.243 e. The Morgan fingerprint density at radius 1 is 1.11 bits per heavy atom. The zero-order valence-electron chi connectivity index (χ0n) is 16.6. The number of rotatable bonds is 5. The highest BCUT2D eigenvalue weighted by molar-refractivity contribution is 7.89. The maximum atomic E-state index is 12.8. The Bertz CT molecular complexity index is 788. The molecule has 1 aromatic rings. The quantitative estimate of drug-likeness (QED) is 0.768. The highest BCUT2D eigenvalue weighted by Gasteiger charge is 2.31. The number of aryl methyl sites for hydroxylation is 2. The van der Waals surface area contributed by atoms with Crippen LogP contribution in [0.2, 0.25) is 0 Å². The summed E-state index contributed by atoms with van der Waals surface area (Å²) in [4.78, 5) is 17.3. The number of benzene rings is 1. The molecule has 0 spiro atoms. The summed E-state index contributed by atoms with van der Waals surface area (Å²) in [6.45, 7) is 7.42. The number of nitrogens with zero attached hydrogens (tertiary/aromatic N) is 3. The highest BCUT2D eigenvalue weighted by atomic mass is 32.2. The molecule has 2 fully saturated rings. The van der Waals surface area contributed by atoms with Crippen molar-refractivity contribution in [2.24, 2.45) is 0 Å². The molecule has 2 aliphatic rings. The van der Waals surface area contributed by atoms with Crippen LogP contribution in [0.15, 0.2) is 23.1 Å². The molecule has 0 radical (unpaired) electrons. The predicted molar refractivity (Wildman–Crippen MR) is 106 cm³/mol. The van der Waals surface area contributed by atoms with Crippen molar-refractivity contribution in [1.29, 1.82) is 0 Å². The van der Waals surface area contributed by atoms with Crippen molar-refractivity contribution >= 4 is 15.9 Å². The van der Waals surface area contributed by atoms with Crippen LogP contribution in [0.1, 0.15) is 36.8 Å². The fraction of sp³-hybridized carbons (Fsp3) is 0.650. The standard InChI is InChI=1S/C20H31N3O3S/c1-16-8-9-19(13-17(16)2)27(25,26)21(3)15-20(24)23-12-6-7-18(14-23)22-10-4-5-11-22/h8-9,13,18H,4-7,10-12,14-15H2,1-3H3. The Labute approximate surface area is 163 Å². The third-order valence-corrected chi connectivity index (χ3v) is 7.75. The summed E-state index contributed by atoms with van der Waals surface area (Å²) in [5.74, 6) is -0.103. The van der Waals surface area contributed by atoms with Crippen molar-refractivity contribution in [2.75, 3.05) is 39.8 Å². The molecular formula is C20H31N3O3S. The second kappa shape index (κ2) is 8.29. The third kappa shape index (κ3) is 4.52. The average molecular weight is 394 g/mol. The van der Waals surface area contributed by atoms with Crippen LogP contribution >= 0.6 is 0 Å². The third-order valence-electron chi connectivity index (χ3n) is 5.95. The van der Waals surface area contributed by atoms with Crippen molar-refractivity contribution in [3.05, 3.63) is 29.3 Å². The smallest absolute Gasteiger partial charge is 0.243 e. The van der Waals surface area contributed by atoms with Gasteiger partial charge in [-0.3, -0.25) is 9.69 Å². The van der Waals surface area contributed by atoms with Crippen LogP contribution in [-0.4, -0.2) is 74.2 Å². The first-order valence-corrected chi connectivity index (χ1v) is 11.3. The summed E-state index contributed by atoms with van der Waals surface area (Å²) < 4.78 is 26.8. The number of likely N-dealkylation sites (tertiary alicyclic amines) is 2. The number of sulfonamides is 1. The minimum atomic E-state index is -3.67. The van der Waals surface area contributed by atoms with Gasteiger partial charge in [0.1, 0.15) is 0 Å². The molecule has 0 N–H and O–H groups in total. The zero-order valence-corrected chi connectivity index (χ0v) is 17.5. The molecule has 0 aromatic heterocycles. The molecule has 2 saturated heterocycles. The van der Waals surface area contributed by atoms with Crippen molar-refractivity contribution in [3.8, 4) is 0 Å². The topological polar surface area (TPSA) is 60.9 Å². The molecule has 1 atom stereocenters. The molecule has 6 nitrogen and oxygen atoms in total. The summed E-state index contributed by atoms with van der Waals surface area (Å²) in [5, 5.41) is 0. The van der Waals surface area contributed by atoms with Crippen molar-refractivity contribution < 1.29 is 13.2 Å². The zero-order chi connectivity index (χ0) is 19.6. The second-order valence-corrected chi connectivity index (χ2v) is 9.93. The van der Waals surface area contributed by atoms with E-state index >= 15 is 0 Å². The minimum absolute atomic E-state index is 0.103. The van der Waals surface area contributed by atoms with Gasteiger partial charge in [0.15, 0.2) is 0 Å². The van der Waals surface area contributed by atoms with E-state index in [0.29, 0.717) is 6.04 Å². The minimum Gasteiger partial charge on any atom is -0.340 e. The lowest BCUT2D eigenvalue weighted by Crippen LogP contribution is -2.51. The lowest BCUT2D eigenvalue weighted by atomic mass is 10.0. The van der Waals surface area contributed by atoms with Gasteiger partial charge in [0.2, 0.25) is 15.9 Å². The van der Waals surface area contributed by atoms with Crippen LogP contribution in [0, 0.1) is 13.8 Å². The molecule has 1 aromatic carbocycles. The highest BCUT2D eigenvalue weighted by Crippen LogP contribution is 2.22. The van der Waals surface area contributed by atoms with Crippen LogP contribution in [0.4, 0.5) is 0 Å². The average Bonchev–Trinajstić information content (AvgIpc) is 3.18. The summed E-state index contributed by atoms with van der Waals surface area (Å²) in [6.07, 6.45) is 4.59. The van der Waals surface area contributed by atoms with E-state index in [1.807, 2.05) is 24.8 Å². The number of likely N-dealkylation sites (N-methyl/N-ethyl adjacent to an activating group) is 1. The fourth-order valence-electron chi connectivity index (χ4n) is 4.02. The van der Waals surface area contributed by atoms with Gasteiger partial charge in [0, 0.05) is 26.2 Å². The monoisotopic (exact) mass is 393 g/mol. The summed E-state index contributed by atoms with van der Waals surface area (Å²) in [7, 11) is -2.18. The van der Waals surface area contributed by atoms with Crippen LogP contribution in [0.25, 0.3) is 0 Å². The first-order chi connectivity index (χ1) is 12.8. The van der Waals surface area contributed by atoms with E-state index in [-0.39, 0.29) is 17.3 Å². The summed E-state index contributed by atoms with van der Waals surface area (Å²) in [6, 6.07) is 5.52. The van der Waals surface area contributed by atoms with Crippen LogP contribution in [0.3, 0.4) is 0 Å². The number of carbonyl (C=O) groups excluding carboxylic acids is 1. The Morgan fingerprint density at radius 3 is 2.48 bits per heavy atom. The Kier molecular flexibility index (Phi) is 6.23. The fourth-order valence-corrected chi connectivity index (χ4v) is 5.22. The van der Waals surface area contributed by atoms with E-state index in [4.69, 9.17) is 0 Å². The molecule has 27 heavy (non-hydrogen) atoms. The Balaban J connectivity index is 1.64. The van der Waals surface area contributed by atoms with Crippen molar-refractivity contribution in [2.45, 2.75) is 50.5 Å². The molecule has 3 rings (SSSR count). The SMILES string of the molecule is Cc1ccc(S(=O)(=O)N(C)CC(=O)N2CCCC(N3CCCC3)C2)cc1C. The molecular weight excluding hydrogens is 362 g/mol. The van der Waals surface area contributed by atoms with Gasteiger partial charge in [0.25, 0.3) is 0 Å². The van der Waals surface area contributed by atoms with E-state index in [0.717, 1.165) is 50.1 Å². The molecule has 0 aliphatic carbocycles. The number of piperidine rings is 1. The van der Waals surface area contributed by atoms with E-state index in [1.54, 1.807) is 12.1 Å². The van der Waals surface area contributed by atoms with Gasteiger partial charge in [-0.25, -0.2) is 8.42 Å². The first kappa shape index (κ1) is 20.3. The molecule has 150 valence electrons. The molecule has 0 bridgehead atoms. The molecule has 1 unspecified atom stereocenters. The first-order valence-electron chi connectivity index (χ1n) is 9.84. The molecule has 0 saturated carbocycles. The van der Waals surface area contributed by atoms with E-state index in [2.05, 4.69) is 4.90 Å². The van der Waals surface area contributed by atoms with Gasteiger partial charge in [-0.2, -0.15) is 4.31 Å². The number of carbonyl (C=O) groups is 1. The van der Waals surface area contributed by atoms with Crippen LogP contribution in [0.5, 0.6) is 0 Å². The van der Waals surface area contributed by atoms with Gasteiger partial charge >= 0.3 is 0 Å². The second-order valence-electron chi connectivity index (χ2n) is 7.89.